The minimum Gasteiger partial charge on any atom is -0.497 e. The SMILES string of the molecule is COc1ccc(-c2cc(C)nc(C3CCN(C(=O)c4ccc(OC)cc4OC)CC3)c2)cc1. The highest BCUT2D eigenvalue weighted by atomic mass is 16.5. The molecule has 0 spiro atoms. The van der Waals surface area contributed by atoms with E-state index in [-0.39, 0.29) is 5.91 Å². The Bertz CT molecular complexity index is 1120. The quantitative estimate of drug-likeness (QED) is 0.527. The molecule has 1 amide bonds. The number of nitrogens with zero attached hydrogens (tertiary/aromatic N) is 2. The van der Waals surface area contributed by atoms with Crippen molar-refractivity contribution in [2.75, 3.05) is 34.4 Å². The molecule has 0 bridgehead atoms. The van der Waals surface area contributed by atoms with Crippen LogP contribution in [0.1, 0.15) is 40.5 Å². The number of methoxy groups -OCH3 is 3. The number of carbonyl (C=O) groups excluding carboxylic acids is 1. The normalized spacial score (nSPS) is 14.1. The van der Waals surface area contributed by atoms with E-state index in [2.05, 4.69) is 24.3 Å². The van der Waals surface area contributed by atoms with E-state index in [0.717, 1.165) is 41.1 Å². The standard InChI is InChI=1S/C27H30N2O4/c1-18-15-21(19-5-7-22(31-2)8-6-19)16-25(28-18)20-11-13-29(14-12-20)27(30)24-10-9-23(32-3)17-26(24)33-4/h5-10,15-17,20H,11-14H2,1-4H3. The summed E-state index contributed by atoms with van der Waals surface area (Å²) in [5.41, 5.74) is 4.95. The molecule has 33 heavy (non-hydrogen) atoms. The van der Waals surface area contributed by atoms with Gasteiger partial charge in [-0.3, -0.25) is 9.78 Å². The van der Waals surface area contributed by atoms with Gasteiger partial charge in [0.15, 0.2) is 0 Å². The molecule has 1 aromatic heterocycles. The highest BCUT2D eigenvalue weighted by Gasteiger charge is 2.27. The smallest absolute Gasteiger partial charge is 0.257 e. The average Bonchev–Trinajstić information content (AvgIpc) is 2.87. The maximum absolute atomic E-state index is 13.1. The molecule has 0 unspecified atom stereocenters. The van der Waals surface area contributed by atoms with E-state index < -0.39 is 0 Å². The Kier molecular flexibility index (Phi) is 6.82. The van der Waals surface area contributed by atoms with Crippen LogP contribution in [0.15, 0.2) is 54.6 Å². The number of benzene rings is 2. The van der Waals surface area contributed by atoms with Gasteiger partial charge in [-0.05, 0) is 67.3 Å². The summed E-state index contributed by atoms with van der Waals surface area (Å²) in [5.74, 6) is 2.36. The summed E-state index contributed by atoms with van der Waals surface area (Å²) in [6.45, 7) is 3.41. The van der Waals surface area contributed by atoms with Crippen molar-refractivity contribution in [3.8, 4) is 28.4 Å². The van der Waals surface area contributed by atoms with Crippen LogP contribution in [0.3, 0.4) is 0 Å². The number of hydrogen-bond donors (Lipinski definition) is 0. The van der Waals surface area contributed by atoms with Crippen molar-refractivity contribution in [1.29, 1.82) is 0 Å². The van der Waals surface area contributed by atoms with Gasteiger partial charge in [-0.1, -0.05) is 12.1 Å². The van der Waals surface area contributed by atoms with Crippen molar-refractivity contribution in [3.05, 3.63) is 71.5 Å². The lowest BCUT2D eigenvalue weighted by Crippen LogP contribution is -2.38. The molecule has 4 rings (SSSR count). The summed E-state index contributed by atoms with van der Waals surface area (Å²) in [7, 11) is 4.84. The zero-order chi connectivity index (χ0) is 23.4. The molecule has 0 radical (unpaired) electrons. The fraction of sp³-hybridized carbons (Fsp3) is 0.333. The van der Waals surface area contributed by atoms with Crippen molar-refractivity contribution in [2.24, 2.45) is 0 Å². The molecule has 1 fully saturated rings. The van der Waals surface area contributed by atoms with Gasteiger partial charge in [0, 0.05) is 36.5 Å². The first-order valence-electron chi connectivity index (χ1n) is 11.2. The number of amides is 1. The van der Waals surface area contributed by atoms with Crippen LogP contribution in [0, 0.1) is 6.92 Å². The van der Waals surface area contributed by atoms with Gasteiger partial charge in [0.1, 0.15) is 17.2 Å². The number of piperidine rings is 1. The Labute approximate surface area is 195 Å². The molecule has 6 nitrogen and oxygen atoms in total. The number of likely N-dealkylation sites (tertiary alicyclic amines) is 1. The molecule has 0 saturated carbocycles. The van der Waals surface area contributed by atoms with Gasteiger partial charge < -0.3 is 19.1 Å². The maximum atomic E-state index is 13.1. The second-order valence-electron chi connectivity index (χ2n) is 8.28. The maximum Gasteiger partial charge on any atom is 0.257 e. The number of aryl methyl sites for hydroxylation is 1. The predicted molar refractivity (Wildman–Crippen MR) is 128 cm³/mol. The largest absolute Gasteiger partial charge is 0.497 e. The second-order valence-corrected chi connectivity index (χ2v) is 8.28. The Morgan fingerprint density at radius 3 is 2.15 bits per heavy atom. The molecule has 6 heteroatoms. The first-order valence-corrected chi connectivity index (χ1v) is 11.2. The van der Waals surface area contributed by atoms with Crippen LogP contribution >= 0.6 is 0 Å². The van der Waals surface area contributed by atoms with Crippen LogP contribution in [0.5, 0.6) is 17.2 Å². The van der Waals surface area contributed by atoms with Crippen molar-refractivity contribution in [3.63, 3.8) is 0 Å². The van der Waals surface area contributed by atoms with E-state index in [1.165, 1.54) is 0 Å². The van der Waals surface area contributed by atoms with E-state index in [9.17, 15) is 4.79 Å². The lowest BCUT2D eigenvalue weighted by atomic mass is 9.91. The number of carbonyl (C=O) groups is 1. The fourth-order valence-electron chi connectivity index (χ4n) is 4.38. The summed E-state index contributed by atoms with van der Waals surface area (Å²) in [6, 6.07) is 17.7. The van der Waals surface area contributed by atoms with E-state index in [1.54, 1.807) is 39.5 Å². The van der Waals surface area contributed by atoms with Crippen molar-refractivity contribution in [2.45, 2.75) is 25.7 Å². The molecule has 0 aliphatic carbocycles. The molecule has 0 N–H and O–H groups in total. The van der Waals surface area contributed by atoms with Gasteiger partial charge >= 0.3 is 0 Å². The topological polar surface area (TPSA) is 60.9 Å². The van der Waals surface area contributed by atoms with E-state index >= 15 is 0 Å². The van der Waals surface area contributed by atoms with Crippen molar-refractivity contribution < 1.29 is 19.0 Å². The van der Waals surface area contributed by atoms with E-state index in [1.807, 2.05) is 24.0 Å². The van der Waals surface area contributed by atoms with Gasteiger partial charge in [0.2, 0.25) is 0 Å². The average molecular weight is 447 g/mol. The summed E-state index contributed by atoms with van der Waals surface area (Å²) >= 11 is 0. The summed E-state index contributed by atoms with van der Waals surface area (Å²) < 4.78 is 15.9. The molecular weight excluding hydrogens is 416 g/mol. The highest BCUT2D eigenvalue weighted by Crippen LogP contribution is 2.33. The number of rotatable bonds is 6. The van der Waals surface area contributed by atoms with Crippen molar-refractivity contribution in [1.82, 2.24) is 9.88 Å². The first-order chi connectivity index (χ1) is 16.0. The lowest BCUT2D eigenvalue weighted by molar-refractivity contribution is 0.0708. The van der Waals surface area contributed by atoms with Gasteiger partial charge in [0.25, 0.3) is 5.91 Å². The minimum absolute atomic E-state index is 0.0101. The summed E-state index contributed by atoms with van der Waals surface area (Å²) in [5, 5.41) is 0. The van der Waals surface area contributed by atoms with Gasteiger partial charge in [-0.25, -0.2) is 0 Å². The molecule has 172 valence electrons. The third-order valence-electron chi connectivity index (χ3n) is 6.24. The van der Waals surface area contributed by atoms with Crippen LogP contribution in [0.2, 0.25) is 0 Å². The molecule has 0 atom stereocenters. The molecular formula is C27H30N2O4. The zero-order valence-corrected chi connectivity index (χ0v) is 19.6. The number of aromatic nitrogens is 1. The molecule has 2 heterocycles. The van der Waals surface area contributed by atoms with Gasteiger partial charge in [0.05, 0.1) is 26.9 Å². The number of ether oxygens (including phenoxy) is 3. The van der Waals surface area contributed by atoms with Crippen LogP contribution in [0.25, 0.3) is 11.1 Å². The van der Waals surface area contributed by atoms with Crippen LogP contribution in [0.4, 0.5) is 0 Å². The van der Waals surface area contributed by atoms with E-state index in [4.69, 9.17) is 19.2 Å². The summed E-state index contributed by atoms with van der Waals surface area (Å²) in [6.07, 6.45) is 1.76. The van der Waals surface area contributed by atoms with Crippen molar-refractivity contribution >= 4 is 5.91 Å². The van der Waals surface area contributed by atoms with Crippen LogP contribution in [-0.4, -0.2) is 50.2 Å². The molecule has 2 aromatic carbocycles. The van der Waals surface area contributed by atoms with Crippen LogP contribution < -0.4 is 14.2 Å². The van der Waals surface area contributed by atoms with E-state index in [0.29, 0.717) is 36.1 Å². The monoisotopic (exact) mass is 446 g/mol. The molecule has 3 aromatic rings. The second kappa shape index (κ2) is 9.94. The Morgan fingerprint density at radius 1 is 0.848 bits per heavy atom. The first kappa shape index (κ1) is 22.6. The molecule has 1 aliphatic rings. The zero-order valence-electron chi connectivity index (χ0n) is 19.6. The van der Waals surface area contributed by atoms with Crippen LogP contribution in [-0.2, 0) is 0 Å². The Morgan fingerprint density at radius 2 is 1.52 bits per heavy atom. The van der Waals surface area contributed by atoms with Gasteiger partial charge in [-0.15, -0.1) is 0 Å². The Balaban J connectivity index is 1.48. The van der Waals surface area contributed by atoms with Gasteiger partial charge in [-0.2, -0.15) is 0 Å². The third-order valence-corrected chi connectivity index (χ3v) is 6.24. The Hall–Kier alpha value is -3.54. The fourth-order valence-corrected chi connectivity index (χ4v) is 4.38. The number of hydrogen-bond acceptors (Lipinski definition) is 5. The predicted octanol–water partition coefficient (Wildman–Crippen LogP) is 5.10. The third kappa shape index (κ3) is 4.95. The minimum atomic E-state index is -0.0101. The lowest BCUT2D eigenvalue weighted by Gasteiger charge is -2.32. The molecule has 1 saturated heterocycles. The number of pyridine rings is 1. The molecule has 1 aliphatic heterocycles. The highest BCUT2D eigenvalue weighted by molar-refractivity contribution is 5.97. The summed E-state index contributed by atoms with van der Waals surface area (Å²) in [4.78, 5) is 19.9.